The molecular formula is C45H74O3. The number of rotatable bonds is 30. The summed E-state index contributed by atoms with van der Waals surface area (Å²) in [4.78, 5) is 13.5. The fourth-order valence-electron chi connectivity index (χ4n) is 7.01. The highest BCUT2D eigenvalue weighted by atomic mass is 16.7. The molecule has 0 unspecified atom stereocenters. The Morgan fingerprint density at radius 3 is 1.02 bits per heavy atom. The maximum absolute atomic E-state index is 13.5. The van der Waals surface area contributed by atoms with Gasteiger partial charge in [-0.25, -0.2) is 4.79 Å². The number of carbonyl (C=O) groups excluding carboxylic acids is 1. The van der Waals surface area contributed by atoms with E-state index in [1.165, 1.54) is 164 Å². The summed E-state index contributed by atoms with van der Waals surface area (Å²) in [5, 5.41) is 0. The van der Waals surface area contributed by atoms with Gasteiger partial charge in [0, 0.05) is 0 Å². The Balaban J connectivity index is 2.15. The van der Waals surface area contributed by atoms with Crippen LogP contribution in [0.2, 0.25) is 0 Å². The molecule has 0 spiro atoms. The maximum atomic E-state index is 13.5. The minimum absolute atomic E-state index is 0.600. The summed E-state index contributed by atoms with van der Waals surface area (Å²) in [6.07, 6.45) is 33.9. The highest BCUT2D eigenvalue weighted by Gasteiger charge is 2.18. The quantitative estimate of drug-likeness (QED) is 0.0474. The first-order chi connectivity index (χ1) is 23.6. The smallest absolute Gasteiger partial charge is 0.394 e. The Morgan fingerprint density at radius 1 is 0.396 bits per heavy atom. The number of ether oxygens (including phenoxy) is 2. The zero-order valence-electron chi connectivity index (χ0n) is 32.0. The van der Waals surface area contributed by atoms with Gasteiger partial charge < -0.3 is 9.47 Å². The van der Waals surface area contributed by atoms with Crippen LogP contribution in [0.1, 0.15) is 204 Å². The number of carbonyl (C=O) groups is 1. The van der Waals surface area contributed by atoms with E-state index in [0.717, 1.165) is 38.5 Å². The molecule has 0 heterocycles. The molecule has 0 radical (unpaired) electrons. The monoisotopic (exact) mass is 663 g/mol. The summed E-state index contributed by atoms with van der Waals surface area (Å²) in [7, 11) is 0. The van der Waals surface area contributed by atoms with Crippen LogP contribution in [0.15, 0.2) is 36.4 Å². The summed E-state index contributed by atoms with van der Waals surface area (Å²) < 4.78 is 12.2. The maximum Gasteiger partial charge on any atom is 0.519 e. The highest BCUT2D eigenvalue weighted by molar-refractivity contribution is 5.69. The first-order valence-corrected chi connectivity index (χ1v) is 20.8. The van der Waals surface area contributed by atoms with Crippen molar-refractivity contribution in [2.45, 2.75) is 207 Å². The second kappa shape index (κ2) is 28.5. The minimum atomic E-state index is -0.600. The number of unbranched alkanes of at least 4 members (excludes halogenated alkanes) is 20. The summed E-state index contributed by atoms with van der Waals surface area (Å²) in [6.45, 7) is 9.08. The molecule has 0 fully saturated rings. The van der Waals surface area contributed by atoms with Crippen LogP contribution in [0.25, 0.3) is 0 Å². The van der Waals surface area contributed by atoms with Gasteiger partial charge in [0.05, 0.1) is 0 Å². The topological polar surface area (TPSA) is 35.5 Å². The third-order valence-electron chi connectivity index (χ3n) is 10.0. The van der Waals surface area contributed by atoms with Gasteiger partial charge in [0.2, 0.25) is 0 Å². The predicted octanol–water partition coefficient (Wildman–Crippen LogP) is 14.9. The lowest BCUT2D eigenvalue weighted by Gasteiger charge is -2.17. The van der Waals surface area contributed by atoms with E-state index in [1.54, 1.807) is 0 Å². The summed E-state index contributed by atoms with van der Waals surface area (Å²) in [6, 6.07) is 12.6. The molecule has 48 heavy (non-hydrogen) atoms. The molecule has 0 aliphatic heterocycles. The molecule has 0 aliphatic carbocycles. The first kappa shape index (κ1) is 41.9. The molecule has 0 saturated carbocycles. The molecule has 2 aromatic rings. The van der Waals surface area contributed by atoms with Crippen molar-refractivity contribution < 1.29 is 14.3 Å². The third-order valence-corrected chi connectivity index (χ3v) is 10.0. The van der Waals surface area contributed by atoms with Crippen molar-refractivity contribution in [1.82, 2.24) is 0 Å². The summed E-state index contributed by atoms with van der Waals surface area (Å²) >= 11 is 0. The van der Waals surface area contributed by atoms with Crippen LogP contribution in [0, 0.1) is 0 Å². The molecular weight excluding hydrogens is 588 g/mol. The zero-order valence-corrected chi connectivity index (χ0v) is 32.0. The lowest BCUT2D eigenvalue weighted by atomic mass is 9.95. The Labute approximate surface area is 297 Å². The zero-order chi connectivity index (χ0) is 34.5. The highest BCUT2D eigenvalue weighted by Crippen LogP contribution is 2.30. The van der Waals surface area contributed by atoms with Crippen LogP contribution in [0.3, 0.4) is 0 Å². The molecule has 0 aromatic heterocycles. The van der Waals surface area contributed by atoms with Gasteiger partial charge in [0.15, 0.2) is 0 Å². The molecule has 2 rings (SSSR count). The molecule has 0 atom stereocenters. The van der Waals surface area contributed by atoms with Crippen molar-refractivity contribution in [2.24, 2.45) is 0 Å². The van der Waals surface area contributed by atoms with Gasteiger partial charge in [0.1, 0.15) is 11.5 Å². The van der Waals surface area contributed by atoms with Crippen molar-refractivity contribution in [3.63, 3.8) is 0 Å². The second-order valence-electron chi connectivity index (χ2n) is 14.3. The summed E-state index contributed by atoms with van der Waals surface area (Å²) in [5.74, 6) is 1.38. The van der Waals surface area contributed by atoms with Crippen molar-refractivity contribution in [2.75, 3.05) is 0 Å². The standard InChI is InChI=1S/C45H74O3/c1-5-9-13-17-21-25-31-39-33-29-37-43(41(39)35-27-23-19-15-11-7-3)47-45(46)48-44-38-30-34-40(32-26-22-18-14-10-6-2)42(44)36-28-24-20-16-12-8-4/h29-30,33-34,37-38H,5-28,31-32,35-36H2,1-4H3. The van der Waals surface area contributed by atoms with Crippen LogP contribution < -0.4 is 9.47 Å². The molecule has 0 amide bonds. The van der Waals surface area contributed by atoms with Gasteiger partial charge in [-0.05, 0) is 85.8 Å². The van der Waals surface area contributed by atoms with Gasteiger partial charge in [-0.3, -0.25) is 0 Å². The van der Waals surface area contributed by atoms with Crippen molar-refractivity contribution in [3.05, 3.63) is 58.7 Å². The fourth-order valence-corrected chi connectivity index (χ4v) is 7.01. The van der Waals surface area contributed by atoms with Gasteiger partial charge >= 0.3 is 6.16 Å². The second-order valence-corrected chi connectivity index (χ2v) is 14.3. The average Bonchev–Trinajstić information content (AvgIpc) is 3.09. The Bertz CT molecular complexity index is 990. The van der Waals surface area contributed by atoms with Crippen LogP contribution in [0.4, 0.5) is 4.79 Å². The van der Waals surface area contributed by atoms with E-state index in [9.17, 15) is 4.79 Å². The lowest BCUT2D eigenvalue weighted by molar-refractivity contribution is 0.151. The SMILES string of the molecule is CCCCCCCCc1cccc(OC(=O)Oc2cccc(CCCCCCCC)c2CCCCCCCC)c1CCCCCCCC. The van der Waals surface area contributed by atoms with Gasteiger partial charge in [-0.2, -0.15) is 0 Å². The number of hydrogen-bond donors (Lipinski definition) is 0. The normalized spacial score (nSPS) is 11.2. The summed E-state index contributed by atoms with van der Waals surface area (Å²) in [5.41, 5.74) is 5.10. The van der Waals surface area contributed by atoms with Crippen LogP contribution >= 0.6 is 0 Å². The van der Waals surface area contributed by atoms with Gasteiger partial charge in [-0.15, -0.1) is 0 Å². The molecule has 0 aliphatic rings. The lowest BCUT2D eigenvalue weighted by Crippen LogP contribution is -2.17. The molecule has 2 aromatic carbocycles. The predicted molar refractivity (Wildman–Crippen MR) is 208 cm³/mol. The van der Waals surface area contributed by atoms with Crippen LogP contribution in [-0.4, -0.2) is 6.16 Å². The third kappa shape index (κ3) is 18.5. The van der Waals surface area contributed by atoms with Crippen molar-refractivity contribution >= 4 is 6.16 Å². The van der Waals surface area contributed by atoms with E-state index >= 15 is 0 Å². The van der Waals surface area contributed by atoms with Crippen LogP contribution in [0.5, 0.6) is 11.5 Å². The number of aryl methyl sites for hydroxylation is 2. The van der Waals surface area contributed by atoms with E-state index < -0.39 is 6.16 Å². The van der Waals surface area contributed by atoms with Crippen LogP contribution in [-0.2, 0) is 25.7 Å². The Hall–Kier alpha value is -2.29. The van der Waals surface area contributed by atoms with E-state index in [1.807, 2.05) is 12.1 Å². The molecule has 0 bridgehead atoms. The molecule has 0 saturated heterocycles. The molecule has 272 valence electrons. The van der Waals surface area contributed by atoms with Gasteiger partial charge in [-0.1, -0.05) is 180 Å². The van der Waals surface area contributed by atoms with E-state index in [4.69, 9.17) is 9.47 Å². The fraction of sp³-hybridized carbons (Fsp3) is 0.711. The van der Waals surface area contributed by atoms with E-state index in [0.29, 0.717) is 11.5 Å². The van der Waals surface area contributed by atoms with Crippen molar-refractivity contribution in [1.29, 1.82) is 0 Å². The number of hydrogen-bond acceptors (Lipinski definition) is 3. The van der Waals surface area contributed by atoms with Gasteiger partial charge in [0.25, 0.3) is 0 Å². The minimum Gasteiger partial charge on any atom is -0.394 e. The molecule has 0 N–H and O–H groups in total. The average molecular weight is 663 g/mol. The van der Waals surface area contributed by atoms with Crippen molar-refractivity contribution in [3.8, 4) is 11.5 Å². The van der Waals surface area contributed by atoms with E-state index in [2.05, 4.69) is 52.0 Å². The number of benzene rings is 2. The molecule has 3 heteroatoms. The molecule has 3 nitrogen and oxygen atoms in total. The largest absolute Gasteiger partial charge is 0.519 e. The first-order valence-electron chi connectivity index (χ1n) is 20.8. The Kier molecular flexibility index (Phi) is 24.9. The van der Waals surface area contributed by atoms with E-state index in [-0.39, 0.29) is 0 Å². The Morgan fingerprint density at radius 2 is 0.688 bits per heavy atom.